The number of benzene rings is 2. The van der Waals surface area contributed by atoms with Crippen molar-refractivity contribution in [2.75, 3.05) is 0 Å². The first kappa shape index (κ1) is 11.3. The summed E-state index contributed by atoms with van der Waals surface area (Å²) in [5.41, 5.74) is 5.24. The monoisotopic (exact) mass is 262 g/mol. The van der Waals surface area contributed by atoms with Crippen LogP contribution in [0, 0.1) is 13.8 Å². The van der Waals surface area contributed by atoms with E-state index in [1.807, 2.05) is 30.3 Å². The molecule has 98 valence electrons. The minimum atomic E-state index is 0.0348. The first-order valence-corrected chi connectivity index (χ1v) is 6.68. The molecule has 0 fully saturated rings. The van der Waals surface area contributed by atoms with Crippen LogP contribution < -0.4 is 5.56 Å². The van der Waals surface area contributed by atoms with E-state index in [9.17, 15) is 4.79 Å². The first-order chi connectivity index (χ1) is 9.65. The minimum Gasteiger partial charge on any atom is -0.340 e. The van der Waals surface area contributed by atoms with Gasteiger partial charge in [-0.15, -0.1) is 0 Å². The van der Waals surface area contributed by atoms with Gasteiger partial charge in [-0.25, -0.2) is 0 Å². The van der Waals surface area contributed by atoms with Crippen LogP contribution in [0.2, 0.25) is 0 Å². The van der Waals surface area contributed by atoms with Crippen molar-refractivity contribution >= 4 is 27.5 Å². The largest absolute Gasteiger partial charge is 0.340 e. The van der Waals surface area contributed by atoms with Gasteiger partial charge in [0.15, 0.2) is 0 Å². The Bertz CT molecular complexity index is 1040. The number of aromatic nitrogens is 2. The Hall–Kier alpha value is -2.55. The summed E-state index contributed by atoms with van der Waals surface area (Å²) >= 11 is 0. The van der Waals surface area contributed by atoms with Gasteiger partial charge >= 0.3 is 0 Å². The average molecular weight is 262 g/mol. The van der Waals surface area contributed by atoms with Crippen molar-refractivity contribution in [3.05, 3.63) is 63.9 Å². The molecular formula is C17H14N2O. The Balaban J connectivity index is 2.32. The summed E-state index contributed by atoms with van der Waals surface area (Å²) in [6, 6.07) is 13.9. The third-order valence-electron chi connectivity index (χ3n) is 4.04. The van der Waals surface area contributed by atoms with Crippen LogP contribution in [-0.4, -0.2) is 9.38 Å². The summed E-state index contributed by atoms with van der Waals surface area (Å²) < 4.78 is 1.77. The maximum Gasteiger partial charge on any atom is 0.264 e. The molecule has 0 spiro atoms. The lowest BCUT2D eigenvalue weighted by Crippen LogP contribution is -2.12. The van der Waals surface area contributed by atoms with Crippen LogP contribution in [0.3, 0.4) is 0 Å². The second-order valence-electron chi connectivity index (χ2n) is 5.34. The minimum absolute atomic E-state index is 0.0348. The lowest BCUT2D eigenvalue weighted by atomic mass is 10.1. The molecule has 0 aliphatic heterocycles. The fourth-order valence-electron chi connectivity index (χ4n) is 2.81. The lowest BCUT2D eigenvalue weighted by Gasteiger charge is -2.01. The maximum atomic E-state index is 12.7. The van der Waals surface area contributed by atoms with Gasteiger partial charge in [-0.05, 0) is 54.6 Å². The summed E-state index contributed by atoms with van der Waals surface area (Å²) in [6.45, 7) is 4.15. The van der Waals surface area contributed by atoms with Crippen LogP contribution in [-0.2, 0) is 0 Å². The molecule has 3 heteroatoms. The van der Waals surface area contributed by atoms with Crippen molar-refractivity contribution in [2.45, 2.75) is 13.8 Å². The molecule has 0 aliphatic rings. The molecule has 0 bridgehead atoms. The number of H-pyrrole nitrogens is 1. The van der Waals surface area contributed by atoms with E-state index in [4.69, 9.17) is 0 Å². The Labute approximate surface area is 115 Å². The molecule has 0 aliphatic carbocycles. The van der Waals surface area contributed by atoms with E-state index >= 15 is 0 Å². The van der Waals surface area contributed by atoms with E-state index in [2.05, 4.69) is 31.0 Å². The molecule has 4 aromatic rings. The van der Waals surface area contributed by atoms with Gasteiger partial charge in [-0.1, -0.05) is 18.2 Å². The van der Waals surface area contributed by atoms with Gasteiger partial charge in [0.25, 0.3) is 5.56 Å². The van der Waals surface area contributed by atoms with Gasteiger partial charge in [-0.3, -0.25) is 9.20 Å². The molecule has 2 aromatic carbocycles. The highest BCUT2D eigenvalue weighted by Crippen LogP contribution is 2.21. The summed E-state index contributed by atoms with van der Waals surface area (Å²) in [6.07, 6.45) is 0. The van der Waals surface area contributed by atoms with Gasteiger partial charge in [-0.2, -0.15) is 0 Å². The molecule has 20 heavy (non-hydrogen) atoms. The van der Waals surface area contributed by atoms with Gasteiger partial charge in [0.2, 0.25) is 0 Å². The van der Waals surface area contributed by atoms with Crippen LogP contribution in [0.4, 0.5) is 0 Å². The predicted octanol–water partition coefficient (Wildman–Crippen LogP) is 3.55. The van der Waals surface area contributed by atoms with Crippen molar-refractivity contribution in [3.8, 4) is 0 Å². The average Bonchev–Trinajstić information content (AvgIpc) is 2.77. The van der Waals surface area contributed by atoms with E-state index in [1.165, 1.54) is 11.1 Å². The van der Waals surface area contributed by atoms with Crippen molar-refractivity contribution in [3.63, 3.8) is 0 Å². The number of pyridine rings is 1. The number of hydrogen-bond donors (Lipinski definition) is 1. The zero-order valence-electron chi connectivity index (χ0n) is 11.4. The van der Waals surface area contributed by atoms with Crippen LogP contribution >= 0.6 is 0 Å². The van der Waals surface area contributed by atoms with E-state index in [0.717, 1.165) is 27.5 Å². The maximum absolute atomic E-state index is 12.7. The quantitative estimate of drug-likeness (QED) is 0.517. The molecule has 0 radical (unpaired) electrons. The predicted molar refractivity (Wildman–Crippen MR) is 82.5 cm³/mol. The van der Waals surface area contributed by atoms with Gasteiger partial charge in [0, 0.05) is 5.39 Å². The number of aryl methyl sites for hydroxylation is 2. The van der Waals surface area contributed by atoms with Crippen molar-refractivity contribution in [1.82, 2.24) is 9.38 Å². The van der Waals surface area contributed by atoms with Crippen LogP contribution in [0.1, 0.15) is 11.1 Å². The Morgan fingerprint density at radius 3 is 2.60 bits per heavy atom. The van der Waals surface area contributed by atoms with Gasteiger partial charge in [0.1, 0.15) is 5.65 Å². The van der Waals surface area contributed by atoms with Crippen LogP contribution in [0.15, 0.2) is 47.3 Å². The number of fused-ring (bicyclic) bond motifs is 4. The SMILES string of the molecule is Cc1cc2[nH]c3cc4ccccc4c(=O)n3c2cc1C. The summed E-state index contributed by atoms with van der Waals surface area (Å²) in [7, 11) is 0. The first-order valence-electron chi connectivity index (χ1n) is 6.68. The van der Waals surface area contributed by atoms with Crippen LogP contribution in [0.25, 0.3) is 27.5 Å². The summed E-state index contributed by atoms with van der Waals surface area (Å²) in [5, 5.41) is 1.72. The number of nitrogens with zero attached hydrogens (tertiary/aromatic N) is 1. The van der Waals surface area contributed by atoms with Crippen LogP contribution in [0.5, 0.6) is 0 Å². The lowest BCUT2D eigenvalue weighted by molar-refractivity contribution is 1.18. The van der Waals surface area contributed by atoms with E-state index in [1.54, 1.807) is 4.40 Å². The molecule has 0 saturated carbocycles. The molecule has 0 saturated heterocycles. The molecule has 0 unspecified atom stereocenters. The van der Waals surface area contributed by atoms with E-state index in [-0.39, 0.29) is 5.56 Å². The zero-order chi connectivity index (χ0) is 13.9. The van der Waals surface area contributed by atoms with Gasteiger partial charge in [0.05, 0.1) is 11.0 Å². The number of imidazole rings is 1. The zero-order valence-corrected chi connectivity index (χ0v) is 11.4. The Kier molecular flexibility index (Phi) is 2.11. The smallest absolute Gasteiger partial charge is 0.264 e. The molecule has 3 nitrogen and oxygen atoms in total. The third kappa shape index (κ3) is 1.37. The second-order valence-corrected chi connectivity index (χ2v) is 5.34. The second kappa shape index (κ2) is 3.73. The topological polar surface area (TPSA) is 37.3 Å². The normalized spacial score (nSPS) is 11.7. The molecule has 0 atom stereocenters. The number of rotatable bonds is 0. The van der Waals surface area contributed by atoms with Crippen molar-refractivity contribution < 1.29 is 0 Å². The highest BCUT2D eigenvalue weighted by atomic mass is 16.1. The molecule has 1 N–H and O–H groups in total. The fraction of sp³-hybridized carbons (Fsp3) is 0.118. The highest BCUT2D eigenvalue weighted by molar-refractivity contribution is 5.89. The van der Waals surface area contributed by atoms with E-state index in [0.29, 0.717) is 0 Å². The fourth-order valence-corrected chi connectivity index (χ4v) is 2.81. The highest BCUT2D eigenvalue weighted by Gasteiger charge is 2.10. The van der Waals surface area contributed by atoms with E-state index < -0.39 is 0 Å². The molecule has 2 heterocycles. The van der Waals surface area contributed by atoms with Gasteiger partial charge < -0.3 is 4.98 Å². The number of hydrogen-bond acceptors (Lipinski definition) is 1. The molecule has 0 amide bonds. The molecule has 4 rings (SSSR count). The Morgan fingerprint density at radius 1 is 1.00 bits per heavy atom. The number of aromatic amines is 1. The Morgan fingerprint density at radius 2 is 1.75 bits per heavy atom. The summed E-state index contributed by atoms with van der Waals surface area (Å²) in [4.78, 5) is 16.0. The van der Waals surface area contributed by atoms with Crippen molar-refractivity contribution in [1.29, 1.82) is 0 Å². The van der Waals surface area contributed by atoms with Crippen molar-refractivity contribution in [2.24, 2.45) is 0 Å². The molecule has 2 aromatic heterocycles. The molecular weight excluding hydrogens is 248 g/mol. The summed E-state index contributed by atoms with van der Waals surface area (Å²) in [5.74, 6) is 0. The standard InChI is InChI=1S/C17H14N2O/c1-10-7-14-15(8-11(10)2)19-16(18-14)9-12-5-3-4-6-13(12)17(19)20/h3-9,18H,1-2H3. The third-order valence-corrected chi connectivity index (χ3v) is 4.04. The number of nitrogens with one attached hydrogen (secondary N) is 1.